The van der Waals surface area contributed by atoms with Crippen LogP contribution in [0, 0.1) is 0 Å². The fourth-order valence-corrected chi connectivity index (χ4v) is 3.68. The van der Waals surface area contributed by atoms with Gasteiger partial charge in [0.1, 0.15) is 31.0 Å². The van der Waals surface area contributed by atoms with Crippen molar-refractivity contribution in [1.29, 1.82) is 0 Å². The van der Waals surface area contributed by atoms with Crippen molar-refractivity contribution in [1.82, 2.24) is 10.6 Å². The summed E-state index contributed by atoms with van der Waals surface area (Å²) in [6, 6.07) is 15.3. The van der Waals surface area contributed by atoms with Crippen molar-refractivity contribution in [3.63, 3.8) is 0 Å². The Morgan fingerprint density at radius 2 is 1.88 bits per heavy atom. The largest absolute Gasteiger partial charge is 0.489 e. The Kier molecular flexibility index (Phi) is 6.67. The number of ether oxygens (including phenoxy) is 3. The number of benzene rings is 2. The molecular weight excluding hydrogens is 414 g/mol. The minimum atomic E-state index is -0.896. The molecule has 2 amide bonds. The van der Waals surface area contributed by atoms with Gasteiger partial charge in [-0.15, -0.1) is 0 Å². The van der Waals surface area contributed by atoms with Crippen molar-refractivity contribution >= 4 is 23.5 Å². The van der Waals surface area contributed by atoms with E-state index in [4.69, 9.17) is 14.2 Å². The van der Waals surface area contributed by atoms with E-state index in [-0.39, 0.29) is 32.1 Å². The van der Waals surface area contributed by atoms with Crippen molar-refractivity contribution in [3.05, 3.63) is 60.2 Å². The van der Waals surface area contributed by atoms with Gasteiger partial charge < -0.3 is 24.8 Å². The Labute approximate surface area is 185 Å². The average Bonchev–Trinajstić information content (AvgIpc) is 3.09. The van der Waals surface area contributed by atoms with Gasteiger partial charge in [0.15, 0.2) is 0 Å². The number of nitrogens with zero attached hydrogens (tertiary/aromatic N) is 1. The molecule has 2 N–H and O–H groups in total. The molecule has 9 heteroatoms. The first kappa shape index (κ1) is 21.8. The van der Waals surface area contributed by atoms with Crippen molar-refractivity contribution < 1.29 is 28.6 Å². The van der Waals surface area contributed by atoms with Crippen LogP contribution < -0.4 is 20.3 Å². The van der Waals surface area contributed by atoms with E-state index in [9.17, 15) is 14.4 Å². The quantitative estimate of drug-likeness (QED) is 0.620. The average molecular weight is 439 g/mol. The summed E-state index contributed by atoms with van der Waals surface area (Å²) < 4.78 is 16.7. The summed E-state index contributed by atoms with van der Waals surface area (Å²) in [6.07, 6.45) is -0.898. The second-order valence-corrected chi connectivity index (χ2v) is 7.58. The van der Waals surface area contributed by atoms with Gasteiger partial charge in [-0.2, -0.15) is 0 Å². The van der Waals surface area contributed by atoms with E-state index in [2.05, 4.69) is 10.6 Å². The molecule has 2 aromatic carbocycles. The third-order valence-electron chi connectivity index (χ3n) is 5.34. The van der Waals surface area contributed by atoms with Gasteiger partial charge in [0.2, 0.25) is 18.1 Å². The van der Waals surface area contributed by atoms with Gasteiger partial charge in [-0.1, -0.05) is 42.5 Å². The van der Waals surface area contributed by atoms with Crippen molar-refractivity contribution in [2.75, 3.05) is 25.1 Å². The fraction of sp³-hybridized carbons (Fsp3) is 0.348. The first-order valence-electron chi connectivity index (χ1n) is 10.4. The number of rotatable bonds is 7. The molecule has 1 saturated heterocycles. The predicted molar refractivity (Wildman–Crippen MR) is 115 cm³/mol. The maximum Gasteiger partial charge on any atom is 0.310 e. The number of carbonyl (C=O) groups excluding carboxylic acids is 3. The van der Waals surface area contributed by atoms with Crippen LogP contribution in [0.4, 0.5) is 5.69 Å². The molecule has 0 aliphatic carbocycles. The Morgan fingerprint density at radius 3 is 2.66 bits per heavy atom. The van der Waals surface area contributed by atoms with E-state index >= 15 is 0 Å². The molecule has 0 radical (unpaired) electrons. The number of carbonyl (C=O) groups is 3. The maximum absolute atomic E-state index is 13.0. The molecule has 32 heavy (non-hydrogen) atoms. The van der Waals surface area contributed by atoms with Gasteiger partial charge >= 0.3 is 5.97 Å². The van der Waals surface area contributed by atoms with Gasteiger partial charge in [0.05, 0.1) is 18.7 Å². The molecule has 168 valence electrons. The molecular formula is C23H25N3O6. The number of amides is 2. The highest BCUT2D eigenvalue weighted by atomic mass is 16.7. The van der Waals surface area contributed by atoms with Crippen LogP contribution in [0.15, 0.2) is 54.6 Å². The van der Waals surface area contributed by atoms with Gasteiger partial charge in [-0.25, -0.2) is 0 Å². The second-order valence-electron chi connectivity index (χ2n) is 7.58. The van der Waals surface area contributed by atoms with Crippen LogP contribution in [0.5, 0.6) is 5.75 Å². The van der Waals surface area contributed by atoms with Crippen LogP contribution in [0.1, 0.15) is 12.0 Å². The van der Waals surface area contributed by atoms with Gasteiger partial charge in [-0.3, -0.25) is 19.3 Å². The molecule has 0 bridgehead atoms. The van der Waals surface area contributed by atoms with E-state index in [1.165, 1.54) is 4.90 Å². The fourth-order valence-electron chi connectivity index (χ4n) is 3.68. The van der Waals surface area contributed by atoms with Crippen LogP contribution in [-0.4, -0.2) is 56.4 Å². The third-order valence-corrected chi connectivity index (χ3v) is 5.34. The number of esters is 1. The lowest BCUT2D eigenvalue weighted by Crippen LogP contribution is -2.52. The zero-order chi connectivity index (χ0) is 22.5. The lowest BCUT2D eigenvalue weighted by Gasteiger charge is -2.25. The van der Waals surface area contributed by atoms with Crippen molar-refractivity contribution in [2.24, 2.45) is 0 Å². The lowest BCUT2D eigenvalue weighted by molar-refractivity contribution is -0.168. The van der Waals surface area contributed by atoms with Gasteiger partial charge in [0.25, 0.3) is 0 Å². The molecule has 1 fully saturated rings. The minimum absolute atomic E-state index is 0.00200. The number of hydrogen-bond acceptors (Lipinski definition) is 7. The van der Waals surface area contributed by atoms with Crippen LogP contribution in [0.3, 0.4) is 0 Å². The van der Waals surface area contributed by atoms with Crippen LogP contribution in [-0.2, 0) is 30.5 Å². The smallest absolute Gasteiger partial charge is 0.310 e. The summed E-state index contributed by atoms with van der Waals surface area (Å²) in [5, 5.41) is 5.70. The Morgan fingerprint density at radius 1 is 1.12 bits per heavy atom. The highest BCUT2D eigenvalue weighted by Crippen LogP contribution is 2.31. The predicted octanol–water partition coefficient (Wildman–Crippen LogP) is 0.975. The Bertz CT molecular complexity index is 983. The van der Waals surface area contributed by atoms with E-state index in [0.717, 1.165) is 5.56 Å². The van der Waals surface area contributed by atoms with E-state index < -0.39 is 30.3 Å². The number of cyclic esters (lactones) is 1. The summed E-state index contributed by atoms with van der Waals surface area (Å²) in [5.74, 6) is -0.632. The molecule has 2 aliphatic rings. The van der Waals surface area contributed by atoms with Crippen molar-refractivity contribution in [2.45, 2.75) is 31.4 Å². The molecule has 0 aromatic heterocycles. The number of hydrogen-bond donors (Lipinski definition) is 2. The van der Waals surface area contributed by atoms with Crippen LogP contribution >= 0.6 is 0 Å². The van der Waals surface area contributed by atoms with E-state index in [1.54, 1.807) is 31.3 Å². The molecule has 2 heterocycles. The zero-order valence-electron chi connectivity index (χ0n) is 17.7. The summed E-state index contributed by atoms with van der Waals surface area (Å²) in [4.78, 5) is 39.1. The van der Waals surface area contributed by atoms with Crippen LogP contribution in [0.25, 0.3) is 0 Å². The first-order chi connectivity index (χ1) is 15.5. The number of likely N-dealkylation sites (N-methyl/N-ethyl adjacent to an activating group) is 1. The Hall–Kier alpha value is -3.43. The maximum atomic E-state index is 13.0. The Balaban J connectivity index is 1.43. The summed E-state index contributed by atoms with van der Waals surface area (Å²) in [5.41, 5.74) is 1.44. The van der Waals surface area contributed by atoms with E-state index in [0.29, 0.717) is 11.4 Å². The summed E-state index contributed by atoms with van der Waals surface area (Å²) in [6.45, 7) is 0.169. The topological polar surface area (TPSA) is 106 Å². The second kappa shape index (κ2) is 9.80. The number of para-hydroxylation sites is 2. The molecule has 2 aromatic rings. The zero-order valence-corrected chi connectivity index (χ0v) is 17.7. The normalized spacial score (nSPS) is 22.5. The SMILES string of the molecule is CN[C@H]1COc2ccccc2N(CC(=O)N[C@H]2CC(=O)OC2OCc2ccccc2)C1=O. The molecule has 4 rings (SSSR count). The highest BCUT2D eigenvalue weighted by Gasteiger charge is 2.38. The third kappa shape index (κ3) is 4.90. The summed E-state index contributed by atoms with van der Waals surface area (Å²) >= 11 is 0. The number of fused-ring (bicyclic) bond motifs is 1. The molecule has 9 nitrogen and oxygen atoms in total. The van der Waals surface area contributed by atoms with E-state index in [1.807, 2.05) is 30.3 Å². The minimum Gasteiger partial charge on any atom is -0.489 e. The van der Waals surface area contributed by atoms with Crippen LogP contribution in [0.2, 0.25) is 0 Å². The summed E-state index contributed by atoms with van der Waals surface area (Å²) in [7, 11) is 1.66. The first-order valence-corrected chi connectivity index (χ1v) is 10.4. The monoisotopic (exact) mass is 439 g/mol. The number of anilines is 1. The standard InChI is InChI=1S/C23H25N3O6/c1-24-17-14-30-19-10-6-5-9-18(19)26(22(17)29)12-20(27)25-16-11-21(28)32-23(16)31-13-15-7-3-2-4-8-15/h2-10,16-17,23-24H,11-14H2,1H3,(H,25,27)/t16-,17-,23?/m0/s1. The number of nitrogens with one attached hydrogen (secondary N) is 2. The molecule has 3 atom stereocenters. The van der Waals surface area contributed by atoms with Gasteiger partial charge in [-0.05, 0) is 24.7 Å². The van der Waals surface area contributed by atoms with Gasteiger partial charge in [0, 0.05) is 0 Å². The molecule has 2 aliphatic heterocycles. The highest BCUT2D eigenvalue weighted by molar-refractivity contribution is 6.03. The molecule has 0 spiro atoms. The molecule has 1 unspecified atom stereocenters. The van der Waals surface area contributed by atoms with Crippen molar-refractivity contribution in [3.8, 4) is 5.75 Å². The lowest BCUT2D eigenvalue weighted by atomic mass is 10.2. The molecule has 0 saturated carbocycles.